The maximum absolute atomic E-state index is 11.5. The van der Waals surface area contributed by atoms with Crippen LogP contribution in [0, 0.1) is 20.8 Å². The second-order valence-corrected chi connectivity index (χ2v) is 4.70. The van der Waals surface area contributed by atoms with Crippen molar-refractivity contribution in [2.45, 2.75) is 40.5 Å². The van der Waals surface area contributed by atoms with Gasteiger partial charge in [-0.1, -0.05) is 19.4 Å². The lowest BCUT2D eigenvalue weighted by Gasteiger charge is -2.12. The normalized spacial score (nSPS) is 10.2. The Kier molecular flexibility index (Phi) is 5.69. The van der Waals surface area contributed by atoms with Gasteiger partial charge >= 0.3 is 0 Å². The highest BCUT2D eigenvalue weighted by atomic mass is 16.5. The molecule has 0 aliphatic carbocycles. The first-order valence-corrected chi connectivity index (χ1v) is 6.52. The number of hydrogen-bond donors (Lipinski definition) is 1. The molecule has 0 unspecified atom stereocenters. The Hall–Kier alpha value is -1.51. The zero-order valence-electron chi connectivity index (χ0n) is 11.8. The van der Waals surface area contributed by atoms with E-state index in [2.05, 4.69) is 25.2 Å². The highest BCUT2D eigenvalue weighted by molar-refractivity contribution is 5.77. The lowest BCUT2D eigenvalue weighted by Crippen LogP contribution is -2.29. The van der Waals surface area contributed by atoms with Crippen LogP contribution in [0.4, 0.5) is 0 Å². The van der Waals surface area contributed by atoms with Crippen molar-refractivity contribution >= 4 is 5.91 Å². The quantitative estimate of drug-likeness (QED) is 0.787. The van der Waals surface area contributed by atoms with Gasteiger partial charge in [-0.3, -0.25) is 4.79 Å². The van der Waals surface area contributed by atoms with Crippen LogP contribution in [-0.4, -0.2) is 19.1 Å². The van der Waals surface area contributed by atoms with Gasteiger partial charge in [0, 0.05) is 6.54 Å². The zero-order valence-corrected chi connectivity index (χ0v) is 11.8. The van der Waals surface area contributed by atoms with Gasteiger partial charge in [-0.25, -0.2) is 0 Å². The molecule has 0 bridgehead atoms. The van der Waals surface area contributed by atoms with E-state index in [4.69, 9.17) is 4.74 Å². The third-order valence-corrected chi connectivity index (χ3v) is 2.98. The first-order valence-electron chi connectivity index (χ1n) is 6.52. The molecule has 0 spiro atoms. The molecule has 0 atom stereocenters. The fourth-order valence-corrected chi connectivity index (χ4v) is 1.75. The molecular weight excluding hydrogens is 226 g/mol. The summed E-state index contributed by atoms with van der Waals surface area (Å²) >= 11 is 0. The van der Waals surface area contributed by atoms with E-state index < -0.39 is 0 Å². The minimum atomic E-state index is -0.0537. The predicted octanol–water partition coefficient (Wildman–Crippen LogP) is 2.91. The molecule has 0 aliphatic heterocycles. The van der Waals surface area contributed by atoms with E-state index in [0.29, 0.717) is 0 Å². The summed E-state index contributed by atoms with van der Waals surface area (Å²) in [5.41, 5.74) is 3.44. The average Bonchev–Trinajstić information content (AvgIpc) is 2.32. The third kappa shape index (κ3) is 4.40. The van der Waals surface area contributed by atoms with E-state index in [1.54, 1.807) is 0 Å². The van der Waals surface area contributed by atoms with Crippen LogP contribution >= 0.6 is 0 Å². The van der Waals surface area contributed by atoms with Crippen molar-refractivity contribution < 1.29 is 9.53 Å². The standard InChI is InChI=1S/C15H23NO2/c1-5-6-7-16-15(17)10-18-14-9-11(2)8-12(3)13(14)4/h8-9H,5-7,10H2,1-4H3,(H,16,17). The molecule has 1 N–H and O–H groups in total. The Bertz CT molecular complexity index is 413. The molecule has 18 heavy (non-hydrogen) atoms. The number of amides is 1. The monoisotopic (exact) mass is 249 g/mol. The fraction of sp³-hybridized carbons (Fsp3) is 0.533. The van der Waals surface area contributed by atoms with Crippen LogP contribution in [0.5, 0.6) is 5.75 Å². The molecule has 0 saturated carbocycles. The summed E-state index contributed by atoms with van der Waals surface area (Å²) in [6, 6.07) is 4.09. The minimum Gasteiger partial charge on any atom is -0.483 e. The topological polar surface area (TPSA) is 38.3 Å². The van der Waals surface area contributed by atoms with Gasteiger partial charge in [0.25, 0.3) is 5.91 Å². The Labute approximate surface area is 110 Å². The van der Waals surface area contributed by atoms with Crippen molar-refractivity contribution in [2.75, 3.05) is 13.2 Å². The number of unbranched alkanes of at least 4 members (excludes halogenated alkanes) is 1. The second kappa shape index (κ2) is 7.04. The average molecular weight is 249 g/mol. The van der Waals surface area contributed by atoms with Crippen LogP contribution in [0.1, 0.15) is 36.5 Å². The van der Waals surface area contributed by atoms with Gasteiger partial charge in [-0.05, 0) is 49.9 Å². The summed E-state index contributed by atoms with van der Waals surface area (Å²) in [6.45, 7) is 9.01. The fourth-order valence-electron chi connectivity index (χ4n) is 1.75. The third-order valence-electron chi connectivity index (χ3n) is 2.98. The molecule has 0 saturated heterocycles. The Morgan fingerprint density at radius 2 is 2.00 bits per heavy atom. The molecule has 3 nitrogen and oxygen atoms in total. The summed E-state index contributed by atoms with van der Waals surface area (Å²) < 4.78 is 5.58. The molecule has 3 heteroatoms. The molecule has 1 aromatic rings. The van der Waals surface area contributed by atoms with Crippen molar-refractivity contribution in [3.8, 4) is 5.75 Å². The van der Waals surface area contributed by atoms with Crippen molar-refractivity contribution in [1.29, 1.82) is 0 Å². The van der Waals surface area contributed by atoms with Crippen LogP contribution in [0.15, 0.2) is 12.1 Å². The number of hydrogen-bond acceptors (Lipinski definition) is 2. The van der Waals surface area contributed by atoms with Gasteiger partial charge in [0.05, 0.1) is 0 Å². The molecule has 0 radical (unpaired) electrons. The molecule has 1 rings (SSSR count). The van der Waals surface area contributed by atoms with Crippen LogP contribution < -0.4 is 10.1 Å². The van der Waals surface area contributed by atoms with Gasteiger partial charge < -0.3 is 10.1 Å². The van der Waals surface area contributed by atoms with E-state index in [9.17, 15) is 4.79 Å². The van der Waals surface area contributed by atoms with Crippen molar-refractivity contribution in [2.24, 2.45) is 0 Å². The number of ether oxygens (including phenoxy) is 1. The number of benzene rings is 1. The first kappa shape index (κ1) is 14.6. The van der Waals surface area contributed by atoms with E-state index in [0.717, 1.165) is 36.3 Å². The van der Waals surface area contributed by atoms with E-state index in [-0.39, 0.29) is 12.5 Å². The van der Waals surface area contributed by atoms with Gasteiger partial charge in [0.2, 0.25) is 0 Å². The first-order chi connectivity index (χ1) is 8.54. The SMILES string of the molecule is CCCCNC(=O)COc1cc(C)cc(C)c1C. The lowest BCUT2D eigenvalue weighted by molar-refractivity contribution is -0.123. The summed E-state index contributed by atoms with van der Waals surface area (Å²) in [5, 5.41) is 2.84. The lowest BCUT2D eigenvalue weighted by atomic mass is 10.1. The molecule has 0 heterocycles. The van der Waals surface area contributed by atoms with E-state index in [1.165, 1.54) is 5.56 Å². The van der Waals surface area contributed by atoms with Crippen molar-refractivity contribution in [1.82, 2.24) is 5.32 Å². The van der Waals surface area contributed by atoms with E-state index >= 15 is 0 Å². The summed E-state index contributed by atoms with van der Waals surface area (Å²) in [5.74, 6) is 0.750. The zero-order chi connectivity index (χ0) is 13.5. The molecule has 0 fully saturated rings. The largest absolute Gasteiger partial charge is 0.483 e. The summed E-state index contributed by atoms with van der Waals surface area (Å²) in [7, 11) is 0. The molecule has 1 amide bonds. The van der Waals surface area contributed by atoms with Crippen molar-refractivity contribution in [3.63, 3.8) is 0 Å². The van der Waals surface area contributed by atoms with Crippen LogP contribution in [-0.2, 0) is 4.79 Å². The van der Waals surface area contributed by atoms with Gasteiger partial charge in [-0.15, -0.1) is 0 Å². The molecule has 0 aliphatic rings. The number of carbonyl (C=O) groups excluding carboxylic acids is 1. The molecule has 1 aromatic carbocycles. The number of carbonyl (C=O) groups is 1. The van der Waals surface area contributed by atoms with Crippen LogP contribution in [0.3, 0.4) is 0 Å². The smallest absolute Gasteiger partial charge is 0.257 e. The van der Waals surface area contributed by atoms with Gasteiger partial charge in [0.15, 0.2) is 6.61 Å². The molecule has 100 valence electrons. The molecular formula is C15H23NO2. The second-order valence-electron chi connectivity index (χ2n) is 4.70. The Morgan fingerprint density at radius 1 is 1.28 bits per heavy atom. The highest BCUT2D eigenvalue weighted by Crippen LogP contribution is 2.23. The predicted molar refractivity (Wildman–Crippen MR) is 74.1 cm³/mol. The van der Waals surface area contributed by atoms with Crippen LogP contribution in [0.2, 0.25) is 0 Å². The molecule has 0 aromatic heterocycles. The van der Waals surface area contributed by atoms with Crippen LogP contribution in [0.25, 0.3) is 0 Å². The van der Waals surface area contributed by atoms with Crippen molar-refractivity contribution in [3.05, 3.63) is 28.8 Å². The Balaban J connectivity index is 2.50. The summed E-state index contributed by atoms with van der Waals surface area (Å²) in [4.78, 5) is 11.5. The van der Waals surface area contributed by atoms with Gasteiger partial charge in [0.1, 0.15) is 5.75 Å². The maximum Gasteiger partial charge on any atom is 0.257 e. The summed E-state index contributed by atoms with van der Waals surface area (Å²) in [6.07, 6.45) is 2.09. The number of rotatable bonds is 6. The highest BCUT2D eigenvalue weighted by Gasteiger charge is 2.06. The number of nitrogens with one attached hydrogen (secondary N) is 1. The maximum atomic E-state index is 11.5. The minimum absolute atomic E-state index is 0.0537. The van der Waals surface area contributed by atoms with E-state index in [1.807, 2.05) is 19.9 Å². The van der Waals surface area contributed by atoms with Gasteiger partial charge in [-0.2, -0.15) is 0 Å². The Morgan fingerprint density at radius 3 is 2.67 bits per heavy atom. The number of aryl methyl sites for hydroxylation is 2.